The molecule has 1 N–H and O–H groups in total. The lowest BCUT2D eigenvalue weighted by Gasteiger charge is -2.09. The summed E-state index contributed by atoms with van der Waals surface area (Å²) in [4.78, 5) is 4.09. The van der Waals surface area contributed by atoms with Crippen LogP contribution in [0.25, 0.3) is 0 Å². The van der Waals surface area contributed by atoms with E-state index in [4.69, 9.17) is 9.15 Å². The maximum absolute atomic E-state index is 5.60. The number of oxazole rings is 1. The third kappa shape index (κ3) is 3.26. The minimum absolute atomic E-state index is 0.198. The van der Waals surface area contributed by atoms with Crippen LogP contribution in [0.15, 0.2) is 34.9 Å². The van der Waals surface area contributed by atoms with Gasteiger partial charge < -0.3 is 14.5 Å². The Bertz CT molecular complexity index is 489. The molecule has 0 atom stereocenters. The first-order valence-electron chi connectivity index (χ1n) is 6.05. The van der Waals surface area contributed by atoms with Crippen LogP contribution >= 0.6 is 0 Å². The molecule has 1 heterocycles. The van der Waals surface area contributed by atoms with Gasteiger partial charge in [-0.05, 0) is 31.5 Å². The van der Waals surface area contributed by atoms with E-state index >= 15 is 0 Å². The molecule has 0 aliphatic carbocycles. The van der Waals surface area contributed by atoms with E-state index in [2.05, 4.69) is 10.3 Å². The number of nitrogens with zero attached hydrogens (tertiary/aromatic N) is 1. The van der Waals surface area contributed by atoms with Gasteiger partial charge in [0.25, 0.3) is 6.01 Å². The molecule has 18 heavy (non-hydrogen) atoms. The van der Waals surface area contributed by atoms with Gasteiger partial charge in [-0.1, -0.05) is 12.1 Å². The third-order valence-corrected chi connectivity index (χ3v) is 2.44. The minimum Gasteiger partial charge on any atom is -0.491 e. The molecule has 0 aliphatic rings. The lowest BCUT2D eigenvalue weighted by Crippen LogP contribution is -2.05. The van der Waals surface area contributed by atoms with Crippen LogP contribution in [0.2, 0.25) is 0 Å². The molecule has 0 fully saturated rings. The van der Waals surface area contributed by atoms with Crippen molar-refractivity contribution in [3.63, 3.8) is 0 Å². The van der Waals surface area contributed by atoms with Crippen LogP contribution in [0.3, 0.4) is 0 Å². The molecular formula is C14H18N2O2. The smallest absolute Gasteiger partial charge is 0.294 e. The summed E-state index contributed by atoms with van der Waals surface area (Å²) in [6, 6.07) is 8.58. The molecule has 0 spiro atoms. The fraction of sp³-hybridized carbons (Fsp3) is 0.357. The van der Waals surface area contributed by atoms with Crippen LogP contribution in [0.4, 0.5) is 6.01 Å². The first-order chi connectivity index (χ1) is 8.67. The molecule has 2 rings (SSSR count). The number of ether oxygens (including phenoxy) is 1. The summed E-state index contributed by atoms with van der Waals surface area (Å²) < 4.78 is 11.1. The highest BCUT2D eigenvalue weighted by Crippen LogP contribution is 2.17. The van der Waals surface area contributed by atoms with Gasteiger partial charge in [-0.3, -0.25) is 0 Å². The van der Waals surface area contributed by atoms with Gasteiger partial charge in [0.1, 0.15) is 11.5 Å². The molecule has 0 amide bonds. The zero-order valence-corrected chi connectivity index (χ0v) is 10.9. The highest BCUT2D eigenvalue weighted by molar-refractivity contribution is 5.30. The zero-order chi connectivity index (χ0) is 13.0. The van der Waals surface area contributed by atoms with Crippen LogP contribution in [-0.4, -0.2) is 18.1 Å². The standard InChI is InChI=1S/C14H18N2O2/c1-10(2)17-12-6-4-11(5-7-12)8-13-9-16-14(15-3)18-13/h4-7,9-10H,8H2,1-3H3,(H,15,16). The molecule has 0 unspecified atom stereocenters. The molecule has 0 saturated heterocycles. The summed E-state index contributed by atoms with van der Waals surface area (Å²) in [5, 5.41) is 2.87. The van der Waals surface area contributed by atoms with E-state index < -0.39 is 0 Å². The maximum Gasteiger partial charge on any atom is 0.294 e. The van der Waals surface area contributed by atoms with Gasteiger partial charge in [0.15, 0.2) is 0 Å². The summed E-state index contributed by atoms with van der Waals surface area (Å²) in [7, 11) is 1.79. The molecule has 0 saturated carbocycles. The van der Waals surface area contributed by atoms with Crippen molar-refractivity contribution < 1.29 is 9.15 Å². The molecule has 96 valence electrons. The summed E-state index contributed by atoms with van der Waals surface area (Å²) in [6.45, 7) is 4.03. The van der Waals surface area contributed by atoms with E-state index in [1.807, 2.05) is 38.1 Å². The second kappa shape index (κ2) is 5.58. The summed E-state index contributed by atoms with van der Waals surface area (Å²) in [5.74, 6) is 1.74. The van der Waals surface area contributed by atoms with Crippen LogP contribution in [0, 0.1) is 0 Å². The second-order valence-corrected chi connectivity index (χ2v) is 4.37. The maximum atomic E-state index is 5.60. The first-order valence-corrected chi connectivity index (χ1v) is 6.05. The third-order valence-electron chi connectivity index (χ3n) is 2.44. The average molecular weight is 246 g/mol. The summed E-state index contributed by atoms with van der Waals surface area (Å²) in [6.07, 6.45) is 2.67. The van der Waals surface area contributed by atoms with Gasteiger partial charge in [-0.15, -0.1) is 0 Å². The van der Waals surface area contributed by atoms with Crippen molar-refractivity contribution in [3.8, 4) is 5.75 Å². The molecule has 0 bridgehead atoms. The predicted octanol–water partition coefficient (Wildman–Crippen LogP) is 3.09. The molecule has 0 aliphatic heterocycles. The first kappa shape index (κ1) is 12.5. The fourth-order valence-electron chi connectivity index (χ4n) is 1.66. The van der Waals surface area contributed by atoms with E-state index in [1.165, 1.54) is 5.56 Å². The predicted molar refractivity (Wildman–Crippen MR) is 71.1 cm³/mol. The van der Waals surface area contributed by atoms with E-state index in [0.717, 1.165) is 17.9 Å². The lowest BCUT2D eigenvalue weighted by atomic mass is 10.1. The van der Waals surface area contributed by atoms with E-state index in [9.17, 15) is 0 Å². The monoisotopic (exact) mass is 246 g/mol. The Morgan fingerprint density at radius 2 is 2.00 bits per heavy atom. The summed E-state index contributed by atoms with van der Waals surface area (Å²) >= 11 is 0. The lowest BCUT2D eigenvalue weighted by molar-refractivity contribution is 0.242. The molecule has 0 radical (unpaired) electrons. The Morgan fingerprint density at radius 3 is 2.56 bits per heavy atom. The Hall–Kier alpha value is -1.97. The van der Waals surface area contributed by atoms with Crippen LogP contribution < -0.4 is 10.1 Å². The molecule has 1 aromatic heterocycles. The quantitative estimate of drug-likeness (QED) is 0.880. The van der Waals surface area contributed by atoms with Crippen molar-refractivity contribution in [2.24, 2.45) is 0 Å². The van der Waals surface area contributed by atoms with Gasteiger partial charge in [-0.25, -0.2) is 4.98 Å². The molecule has 1 aromatic carbocycles. The van der Waals surface area contributed by atoms with Crippen LogP contribution in [-0.2, 0) is 6.42 Å². The highest BCUT2D eigenvalue weighted by Gasteiger charge is 2.04. The van der Waals surface area contributed by atoms with Crippen molar-refractivity contribution in [2.45, 2.75) is 26.4 Å². The molecule has 4 nitrogen and oxygen atoms in total. The fourth-order valence-corrected chi connectivity index (χ4v) is 1.66. The second-order valence-electron chi connectivity index (χ2n) is 4.37. The number of anilines is 1. The van der Waals surface area contributed by atoms with Crippen molar-refractivity contribution in [1.82, 2.24) is 4.98 Å². The Morgan fingerprint density at radius 1 is 1.28 bits per heavy atom. The van der Waals surface area contributed by atoms with Gasteiger partial charge in [0, 0.05) is 13.5 Å². The molecule has 4 heteroatoms. The average Bonchev–Trinajstić information content (AvgIpc) is 2.79. The van der Waals surface area contributed by atoms with Crippen molar-refractivity contribution in [1.29, 1.82) is 0 Å². The largest absolute Gasteiger partial charge is 0.491 e. The Balaban J connectivity index is 2.01. The Kier molecular flexibility index (Phi) is 3.87. The van der Waals surface area contributed by atoms with Crippen molar-refractivity contribution in [2.75, 3.05) is 12.4 Å². The van der Waals surface area contributed by atoms with Crippen molar-refractivity contribution >= 4 is 6.01 Å². The topological polar surface area (TPSA) is 47.3 Å². The number of benzene rings is 1. The van der Waals surface area contributed by atoms with Gasteiger partial charge in [0.2, 0.25) is 0 Å². The molecular weight excluding hydrogens is 228 g/mol. The van der Waals surface area contributed by atoms with Crippen LogP contribution in [0.5, 0.6) is 5.75 Å². The van der Waals surface area contributed by atoms with Crippen molar-refractivity contribution in [3.05, 3.63) is 41.8 Å². The highest BCUT2D eigenvalue weighted by atomic mass is 16.5. The SMILES string of the molecule is CNc1ncc(Cc2ccc(OC(C)C)cc2)o1. The van der Waals surface area contributed by atoms with Gasteiger partial charge in [0.05, 0.1) is 12.3 Å². The van der Waals surface area contributed by atoms with E-state index in [1.54, 1.807) is 13.2 Å². The van der Waals surface area contributed by atoms with Crippen LogP contribution in [0.1, 0.15) is 25.2 Å². The number of hydrogen-bond donors (Lipinski definition) is 1. The summed E-state index contributed by atoms with van der Waals surface area (Å²) in [5.41, 5.74) is 1.17. The number of rotatable bonds is 5. The van der Waals surface area contributed by atoms with E-state index in [-0.39, 0.29) is 6.10 Å². The normalized spacial score (nSPS) is 10.7. The minimum atomic E-state index is 0.198. The number of hydrogen-bond acceptors (Lipinski definition) is 4. The zero-order valence-electron chi connectivity index (χ0n) is 10.9. The number of nitrogens with one attached hydrogen (secondary N) is 1. The Labute approximate surface area is 107 Å². The number of aromatic nitrogens is 1. The van der Waals surface area contributed by atoms with Gasteiger partial charge in [-0.2, -0.15) is 0 Å². The van der Waals surface area contributed by atoms with Gasteiger partial charge >= 0.3 is 0 Å². The van der Waals surface area contributed by atoms with E-state index in [0.29, 0.717) is 6.01 Å². The molecule has 2 aromatic rings.